The van der Waals surface area contributed by atoms with E-state index in [0.29, 0.717) is 19.0 Å². The van der Waals surface area contributed by atoms with Crippen LogP contribution in [-0.4, -0.2) is 45.5 Å². The first-order chi connectivity index (χ1) is 10.4. The van der Waals surface area contributed by atoms with Gasteiger partial charge in [0, 0.05) is 36.9 Å². The van der Waals surface area contributed by atoms with Crippen molar-refractivity contribution in [2.24, 2.45) is 0 Å². The van der Waals surface area contributed by atoms with Gasteiger partial charge in [0.05, 0.1) is 11.6 Å². The molecule has 0 fully saturated rings. The summed E-state index contributed by atoms with van der Waals surface area (Å²) >= 11 is 0. The van der Waals surface area contributed by atoms with E-state index in [2.05, 4.69) is 24.3 Å². The second-order valence-electron chi connectivity index (χ2n) is 5.97. The molecule has 1 unspecified atom stereocenters. The van der Waals surface area contributed by atoms with Gasteiger partial charge in [-0.3, -0.25) is 4.68 Å². The van der Waals surface area contributed by atoms with Crippen LogP contribution in [0.2, 0.25) is 0 Å². The first-order valence-corrected chi connectivity index (χ1v) is 7.56. The van der Waals surface area contributed by atoms with Crippen LogP contribution in [0.25, 0.3) is 10.9 Å². The van der Waals surface area contributed by atoms with Gasteiger partial charge in [-0.1, -0.05) is 0 Å². The third-order valence-corrected chi connectivity index (χ3v) is 3.53. The van der Waals surface area contributed by atoms with Gasteiger partial charge in [-0.05, 0) is 45.4 Å². The van der Waals surface area contributed by atoms with E-state index in [9.17, 15) is 9.90 Å². The normalized spacial score (nSPS) is 12.6. The van der Waals surface area contributed by atoms with E-state index in [4.69, 9.17) is 0 Å². The van der Waals surface area contributed by atoms with Gasteiger partial charge in [-0.15, -0.1) is 0 Å². The summed E-state index contributed by atoms with van der Waals surface area (Å²) in [7, 11) is 1.72. The third kappa shape index (κ3) is 3.98. The number of hydrogen-bond donors (Lipinski definition) is 2. The van der Waals surface area contributed by atoms with E-state index < -0.39 is 6.10 Å². The van der Waals surface area contributed by atoms with Gasteiger partial charge in [0.1, 0.15) is 0 Å². The summed E-state index contributed by atoms with van der Waals surface area (Å²) in [5.41, 5.74) is 1.65. The van der Waals surface area contributed by atoms with E-state index in [1.807, 2.05) is 29.1 Å². The number of benzene rings is 1. The lowest BCUT2D eigenvalue weighted by atomic mass is 10.2. The number of aliphatic hydroxyl groups excluding tert-OH is 1. The lowest BCUT2D eigenvalue weighted by molar-refractivity contribution is 0.167. The Labute approximate surface area is 130 Å². The number of carbonyl (C=O) groups is 1. The Hall–Kier alpha value is -2.08. The largest absolute Gasteiger partial charge is 0.393 e. The van der Waals surface area contributed by atoms with Crippen molar-refractivity contribution in [1.82, 2.24) is 14.7 Å². The van der Waals surface area contributed by atoms with Crippen LogP contribution in [0.1, 0.15) is 33.2 Å². The molecule has 6 nitrogen and oxygen atoms in total. The molecular weight excluding hydrogens is 280 g/mol. The number of urea groups is 1. The van der Waals surface area contributed by atoms with Crippen molar-refractivity contribution in [1.29, 1.82) is 0 Å². The maximum atomic E-state index is 12.1. The zero-order valence-corrected chi connectivity index (χ0v) is 13.6. The van der Waals surface area contributed by atoms with Crippen LogP contribution < -0.4 is 5.32 Å². The lowest BCUT2D eigenvalue weighted by Crippen LogP contribution is -2.33. The maximum absolute atomic E-state index is 12.1. The fraction of sp³-hybridized carbons (Fsp3) is 0.500. The zero-order chi connectivity index (χ0) is 16.3. The number of amides is 2. The van der Waals surface area contributed by atoms with E-state index >= 15 is 0 Å². The van der Waals surface area contributed by atoms with E-state index in [1.54, 1.807) is 18.9 Å². The number of aliphatic hydroxyl groups is 1. The van der Waals surface area contributed by atoms with Crippen molar-refractivity contribution in [2.45, 2.75) is 39.3 Å². The molecule has 1 aromatic carbocycles. The van der Waals surface area contributed by atoms with E-state index in [0.717, 1.165) is 16.6 Å². The predicted octanol–water partition coefficient (Wildman–Crippen LogP) is 2.85. The Morgan fingerprint density at radius 1 is 1.41 bits per heavy atom. The van der Waals surface area contributed by atoms with E-state index in [-0.39, 0.29) is 6.03 Å². The van der Waals surface area contributed by atoms with Crippen LogP contribution in [0, 0.1) is 0 Å². The van der Waals surface area contributed by atoms with Crippen LogP contribution in [0.5, 0.6) is 0 Å². The highest BCUT2D eigenvalue weighted by Crippen LogP contribution is 2.20. The Kier molecular flexibility index (Phi) is 5.03. The molecule has 2 rings (SSSR count). The SMILES string of the molecule is CC(O)CCN(C)C(=O)Nc1ccc2nn(C(C)C)cc2c1. The van der Waals surface area contributed by atoms with Gasteiger partial charge in [-0.2, -0.15) is 5.10 Å². The van der Waals surface area contributed by atoms with Gasteiger partial charge in [-0.25, -0.2) is 4.79 Å². The van der Waals surface area contributed by atoms with Crippen LogP contribution >= 0.6 is 0 Å². The van der Waals surface area contributed by atoms with Crippen molar-refractivity contribution in [3.63, 3.8) is 0 Å². The molecule has 0 aliphatic carbocycles. The number of nitrogens with one attached hydrogen (secondary N) is 1. The topological polar surface area (TPSA) is 70.4 Å². The summed E-state index contributed by atoms with van der Waals surface area (Å²) in [6.45, 7) is 6.38. The number of rotatable bonds is 5. The minimum absolute atomic E-state index is 0.184. The number of aromatic nitrogens is 2. The maximum Gasteiger partial charge on any atom is 0.321 e. The van der Waals surface area contributed by atoms with Crippen molar-refractivity contribution in [3.8, 4) is 0 Å². The fourth-order valence-corrected chi connectivity index (χ4v) is 2.09. The molecule has 120 valence electrons. The van der Waals surface area contributed by atoms with E-state index in [1.165, 1.54) is 0 Å². The monoisotopic (exact) mass is 304 g/mol. The van der Waals surface area contributed by atoms with Gasteiger partial charge in [0.2, 0.25) is 0 Å². The number of nitrogens with zero attached hydrogens (tertiary/aromatic N) is 3. The highest BCUT2D eigenvalue weighted by atomic mass is 16.3. The Morgan fingerprint density at radius 3 is 2.77 bits per heavy atom. The van der Waals surface area contributed by atoms with Gasteiger partial charge < -0.3 is 15.3 Å². The molecule has 0 radical (unpaired) electrons. The molecule has 2 N–H and O–H groups in total. The summed E-state index contributed by atoms with van der Waals surface area (Å²) in [6.07, 6.45) is 2.13. The number of fused-ring (bicyclic) bond motifs is 1. The standard InChI is InChI=1S/C16H24N4O2/c1-11(2)20-10-13-9-14(5-6-15(13)18-20)17-16(22)19(4)8-7-12(3)21/h5-6,9-12,21H,7-8H2,1-4H3,(H,17,22). The molecule has 0 bridgehead atoms. The van der Waals surface area contributed by atoms with Crippen molar-refractivity contribution in [3.05, 3.63) is 24.4 Å². The highest BCUT2D eigenvalue weighted by Gasteiger charge is 2.11. The highest BCUT2D eigenvalue weighted by molar-refractivity contribution is 5.92. The lowest BCUT2D eigenvalue weighted by Gasteiger charge is -2.18. The van der Waals surface area contributed by atoms with Crippen molar-refractivity contribution >= 4 is 22.6 Å². The predicted molar refractivity (Wildman–Crippen MR) is 88.1 cm³/mol. The second-order valence-corrected chi connectivity index (χ2v) is 5.97. The summed E-state index contributed by atoms with van der Waals surface area (Å²) in [6, 6.07) is 5.79. The molecule has 6 heteroatoms. The average Bonchev–Trinajstić information content (AvgIpc) is 2.88. The Bertz CT molecular complexity index is 649. The molecular formula is C16H24N4O2. The summed E-state index contributed by atoms with van der Waals surface area (Å²) in [4.78, 5) is 13.7. The van der Waals surface area contributed by atoms with Crippen molar-refractivity contribution in [2.75, 3.05) is 18.9 Å². The van der Waals surface area contributed by atoms with Crippen LogP contribution in [0.3, 0.4) is 0 Å². The summed E-state index contributed by atoms with van der Waals surface area (Å²) in [5.74, 6) is 0. The van der Waals surface area contributed by atoms with Crippen LogP contribution in [0.4, 0.5) is 10.5 Å². The molecule has 1 heterocycles. The molecule has 1 atom stereocenters. The number of hydrogen-bond acceptors (Lipinski definition) is 3. The minimum atomic E-state index is -0.409. The molecule has 0 aliphatic rings. The Balaban J connectivity index is 2.06. The smallest absolute Gasteiger partial charge is 0.321 e. The third-order valence-electron chi connectivity index (χ3n) is 3.53. The first-order valence-electron chi connectivity index (χ1n) is 7.56. The molecule has 0 saturated carbocycles. The van der Waals surface area contributed by atoms with Crippen LogP contribution in [0.15, 0.2) is 24.4 Å². The Morgan fingerprint density at radius 2 is 2.14 bits per heavy atom. The fourth-order valence-electron chi connectivity index (χ4n) is 2.09. The zero-order valence-electron chi connectivity index (χ0n) is 13.6. The summed E-state index contributed by atoms with van der Waals surface area (Å²) in [5, 5.41) is 17.6. The van der Waals surface area contributed by atoms with Gasteiger partial charge in [0.25, 0.3) is 0 Å². The summed E-state index contributed by atoms with van der Waals surface area (Å²) < 4.78 is 1.91. The average molecular weight is 304 g/mol. The number of carbonyl (C=O) groups excluding carboxylic acids is 1. The first kappa shape index (κ1) is 16.3. The van der Waals surface area contributed by atoms with Gasteiger partial charge >= 0.3 is 6.03 Å². The number of anilines is 1. The second kappa shape index (κ2) is 6.79. The molecule has 0 saturated heterocycles. The molecule has 2 aromatic rings. The van der Waals surface area contributed by atoms with Gasteiger partial charge in [0.15, 0.2) is 0 Å². The van der Waals surface area contributed by atoms with Crippen molar-refractivity contribution < 1.29 is 9.90 Å². The van der Waals surface area contributed by atoms with Crippen LogP contribution in [-0.2, 0) is 0 Å². The molecule has 0 aliphatic heterocycles. The molecule has 1 aromatic heterocycles. The quantitative estimate of drug-likeness (QED) is 0.892. The molecule has 2 amide bonds. The molecule has 22 heavy (non-hydrogen) atoms. The molecule has 0 spiro atoms. The minimum Gasteiger partial charge on any atom is -0.393 e.